The summed E-state index contributed by atoms with van der Waals surface area (Å²) in [7, 11) is 0. The molecule has 1 N–H and O–H groups in total. The Morgan fingerprint density at radius 1 is 1.30 bits per heavy atom. The smallest absolute Gasteiger partial charge is 0.220 e. The Kier molecular flexibility index (Phi) is 4.58. The van der Waals surface area contributed by atoms with Crippen molar-refractivity contribution in [1.29, 1.82) is 0 Å². The highest BCUT2D eigenvalue weighted by Gasteiger charge is 2.42. The first-order valence-corrected chi connectivity index (χ1v) is 9.09. The molecule has 0 aromatic rings. The molecular weight excluding hydrogens is 270 g/mol. The number of amides is 1. The van der Waals surface area contributed by atoms with E-state index in [1.54, 1.807) is 6.92 Å². The van der Waals surface area contributed by atoms with Gasteiger partial charge in [-0.05, 0) is 19.8 Å². The fourth-order valence-electron chi connectivity index (χ4n) is 4.30. The lowest BCUT2D eigenvalue weighted by Gasteiger charge is -2.53. The molecule has 0 radical (unpaired) electrons. The lowest BCUT2D eigenvalue weighted by atomic mass is 9.84. The van der Waals surface area contributed by atoms with E-state index in [1.807, 2.05) is 0 Å². The summed E-state index contributed by atoms with van der Waals surface area (Å²) >= 11 is 2.05. The van der Waals surface area contributed by atoms with Crippen molar-refractivity contribution < 1.29 is 4.79 Å². The molecule has 3 fully saturated rings. The molecule has 1 saturated carbocycles. The molecule has 0 aromatic heterocycles. The molecule has 3 aliphatic rings. The van der Waals surface area contributed by atoms with E-state index in [0.29, 0.717) is 23.5 Å². The van der Waals surface area contributed by atoms with Gasteiger partial charge < -0.3 is 10.2 Å². The molecule has 0 bridgehead atoms. The summed E-state index contributed by atoms with van der Waals surface area (Å²) in [6, 6.07) is 1.40. The minimum absolute atomic E-state index is 0.266. The Morgan fingerprint density at radius 2 is 2.05 bits per heavy atom. The highest BCUT2D eigenvalue weighted by Crippen LogP contribution is 2.33. The Balaban J connectivity index is 1.73. The number of hydrogen-bond donors (Lipinski definition) is 1. The number of rotatable bonds is 2. The number of fused-ring (bicyclic) bond motifs is 1. The van der Waals surface area contributed by atoms with E-state index in [1.165, 1.54) is 31.4 Å². The van der Waals surface area contributed by atoms with Gasteiger partial charge in [-0.2, -0.15) is 0 Å². The zero-order valence-electron chi connectivity index (χ0n) is 12.7. The third-order valence-corrected chi connectivity index (χ3v) is 6.21. The van der Waals surface area contributed by atoms with Crippen molar-refractivity contribution in [2.75, 3.05) is 25.4 Å². The van der Waals surface area contributed by atoms with E-state index < -0.39 is 0 Å². The molecule has 4 nitrogen and oxygen atoms in total. The first-order chi connectivity index (χ1) is 9.66. The first kappa shape index (κ1) is 14.7. The van der Waals surface area contributed by atoms with Gasteiger partial charge in [-0.15, -0.1) is 11.8 Å². The van der Waals surface area contributed by atoms with Gasteiger partial charge in [-0.1, -0.05) is 12.8 Å². The van der Waals surface area contributed by atoms with E-state index >= 15 is 0 Å². The van der Waals surface area contributed by atoms with Gasteiger partial charge in [0.2, 0.25) is 5.91 Å². The maximum absolute atomic E-state index is 12.0. The Labute approximate surface area is 126 Å². The first-order valence-electron chi connectivity index (χ1n) is 8.05. The summed E-state index contributed by atoms with van der Waals surface area (Å²) in [5.74, 6) is 1.50. The van der Waals surface area contributed by atoms with Crippen molar-refractivity contribution in [3.05, 3.63) is 0 Å². The number of nitrogens with zero attached hydrogens (tertiary/aromatic N) is 2. The number of piperazine rings is 1. The van der Waals surface area contributed by atoms with E-state index in [9.17, 15) is 4.79 Å². The third-order valence-electron chi connectivity index (χ3n) is 5.05. The van der Waals surface area contributed by atoms with Gasteiger partial charge in [0.25, 0.3) is 0 Å². The van der Waals surface area contributed by atoms with Crippen LogP contribution in [0.25, 0.3) is 0 Å². The maximum atomic E-state index is 12.0. The monoisotopic (exact) mass is 297 g/mol. The summed E-state index contributed by atoms with van der Waals surface area (Å²) in [5, 5.41) is 4.18. The van der Waals surface area contributed by atoms with Gasteiger partial charge in [0, 0.05) is 50.4 Å². The minimum atomic E-state index is 0.266. The number of carbonyl (C=O) groups is 1. The van der Waals surface area contributed by atoms with Crippen LogP contribution in [0.1, 0.15) is 39.5 Å². The molecule has 0 aromatic carbocycles. The van der Waals surface area contributed by atoms with Crippen LogP contribution in [0.4, 0.5) is 0 Å². The quantitative estimate of drug-likeness (QED) is 0.838. The van der Waals surface area contributed by atoms with Crippen molar-refractivity contribution in [3.63, 3.8) is 0 Å². The number of hydrogen-bond acceptors (Lipinski definition) is 4. The predicted molar refractivity (Wildman–Crippen MR) is 83.8 cm³/mol. The SMILES string of the molecule is CC(=O)N1C2CCCCC2N(CC2NCCS2)C[C@@H]1C. The molecule has 0 spiro atoms. The molecular formula is C15H27N3OS. The van der Waals surface area contributed by atoms with Crippen molar-refractivity contribution in [2.45, 2.75) is 63.0 Å². The zero-order chi connectivity index (χ0) is 14.1. The van der Waals surface area contributed by atoms with Crippen molar-refractivity contribution >= 4 is 17.7 Å². The summed E-state index contributed by atoms with van der Waals surface area (Å²) in [5.41, 5.74) is 0. The second kappa shape index (κ2) is 6.24. The van der Waals surface area contributed by atoms with E-state index in [4.69, 9.17) is 0 Å². The van der Waals surface area contributed by atoms with Crippen LogP contribution in [0.5, 0.6) is 0 Å². The van der Waals surface area contributed by atoms with Gasteiger partial charge in [-0.25, -0.2) is 0 Å². The summed E-state index contributed by atoms with van der Waals surface area (Å²) in [6.07, 6.45) is 5.06. The Morgan fingerprint density at radius 3 is 2.70 bits per heavy atom. The highest BCUT2D eigenvalue weighted by atomic mass is 32.2. The van der Waals surface area contributed by atoms with Crippen LogP contribution in [-0.4, -0.2) is 64.6 Å². The van der Waals surface area contributed by atoms with E-state index in [0.717, 1.165) is 19.6 Å². The van der Waals surface area contributed by atoms with Gasteiger partial charge in [0.1, 0.15) is 0 Å². The van der Waals surface area contributed by atoms with Crippen LogP contribution >= 0.6 is 11.8 Å². The largest absolute Gasteiger partial charge is 0.334 e. The maximum Gasteiger partial charge on any atom is 0.220 e. The molecule has 2 aliphatic heterocycles. The zero-order valence-corrected chi connectivity index (χ0v) is 13.5. The highest BCUT2D eigenvalue weighted by molar-refractivity contribution is 8.00. The second-order valence-electron chi connectivity index (χ2n) is 6.46. The van der Waals surface area contributed by atoms with Crippen LogP contribution in [0.2, 0.25) is 0 Å². The van der Waals surface area contributed by atoms with Crippen LogP contribution in [0.15, 0.2) is 0 Å². The molecule has 2 saturated heterocycles. The lowest BCUT2D eigenvalue weighted by Crippen LogP contribution is -2.66. The summed E-state index contributed by atoms with van der Waals surface area (Å²) < 4.78 is 0. The van der Waals surface area contributed by atoms with Crippen LogP contribution in [-0.2, 0) is 4.79 Å². The standard InChI is InChI=1S/C15H27N3OS/c1-11-9-17(10-15-16-7-8-20-15)13-5-3-4-6-14(13)18(11)12(2)19/h11,13-16H,3-10H2,1-2H3/t11-,13?,14?,15?/m0/s1. The number of carbonyl (C=O) groups excluding carboxylic acids is 1. The van der Waals surface area contributed by atoms with Crippen molar-refractivity contribution in [2.24, 2.45) is 0 Å². The number of nitrogens with one attached hydrogen (secondary N) is 1. The summed E-state index contributed by atoms with van der Waals surface area (Å²) in [6.45, 7) is 7.29. The fraction of sp³-hybridized carbons (Fsp3) is 0.933. The third kappa shape index (κ3) is 2.85. The van der Waals surface area contributed by atoms with Crippen LogP contribution in [0, 0.1) is 0 Å². The molecule has 4 atom stereocenters. The fourth-order valence-corrected chi connectivity index (χ4v) is 5.35. The molecule has 1 amide bonds. The van der Waals surface area contributed by atoms with Gasteiger partial charge in [0.15, 0.2) is 0 Å². The molecule has 3 rings (SSSR count). The number of thioether (sulfide) groups is 1. The second-order valence-corrected chi connectivity index (χ2v) is 7.77. The Hall–Kier alpha value is -0.260. The molecule has 114 valence electrons. The van der Waals surface area contributed by atoms with E-state index in [-0.39, 0.29) is 5.91 Å². The summed E-state index contributed by atoms with van der Waals surface area (Å²) in [4.78, 5) is 16.9. The average Bonchev–Trinajstić information content (AvgIpc) is 2.91. The normalized spacial score (nSPS) is 38.8. The van der Waals surface area contributed by atoms with Crippen LogP contribution < -0.4 is 5.32 Å². The van der Waals surface area contributed by atoms with Crippen molar-refractivity contribution in [3.8, 4) is 0 Å². The van der Waals surface area contributed by atoms with Crippen LogP contribution in [0.3, 0.4) is 0 Å². The molecule has 2 heterocycles. The Bertz CT molecular complexity index is 359. The molecule has 20 heavy (non-hydrogen) atoms. The minimum Gasteiger partial charge on any atom is -0.334 e. The molecule has 3 unspecified atom stereocenters. The van der Waals surface area contributed by atoms with Gasteiger partial charge in [-0.3, -0.25) is 9.69 Å². The van der Waals surface area contributed by atoms with Crippen molar-refractivity contribution in [1.82, 2.24) is 15.1 Å². The van der Waals surface area contributed by atoms with Gasteiger partial charge in [0.05, 0.1) is 5.37 Å². The lowest BCUT2D eigenvalue weighted by molar-refractivity contribution is -0.142. The van der Waals surface area contributed by atoms with E-state index in [2.05, 4.69) is 33.8 Å². The van der Waals surface area contributed by atoms with Gasteiger partial charge >= 0.3 is 0 Å². The predicted octanol–water partition coefficient (Wildman–Crippen LogP) is 1.51. The molecule has 1 aliphatic carbocycles. The molecule has 5 heteroatoms. The average molecular weight is 297 g/mol. The topological polar surface area (TPSA) is 35.6 Å².